The summed E-state index contributed by atoms with van der Waals surface area (Å²) in [5.74, 6) is -2.18. The van der Waals surface area contributed by atoms with E-state index in [1.54, 1.807) is 0 Å². The zero-order chi connectivity index (χ0) is 21.1. The molecule has 2 aromatic rings. The number of imidazole rings is 1. The van der Waals surface area contributed by atoms with Gasteiger partial charge in [-0.15, -0.1) is 0 Å². The van der Waals surface area contributed by atoms with Gasteiger partial charge >= 0.3 is 12.0 Å². The molecule has 0 spiro atoms. The van der Waals surface area contributed by atoms with Gasteiger partial charge in [0.15, 0.2) is 0 Å². The SMILES string of the molecule is CC[C@H](C)[C@@H](NC(=O)N1CCc2[nH]cnc2[C@H]1c1ccc(F)cc1F)C(=O)OC. The first kappa shape index (κ1) is 20.8. The molecule has 3 rings (SSSR count). The minimum atomic E-state index is -0.846. The van der Waals surface area contributed by atoms with E-state index in [4.69, 9.17) is 4.74 Å². The number of amides is 2. The van der Waals surface area contributed by atoms with Gasteiger partial charge in [-0.05, 0) is 12.0 Å². The summed E-state index contributed by atoms with van der Waals surface area (Å²) in [5, 5.41) is 2.72. The number of nitrogens with one attached hydrogen (secondary N) is 2. The van der Waals surface area contributed by atoms with Crippen molar-refractivity contribution in [3.8, 4) is 0 Å². The van der Waals surface area contributed by atoms with Gasteiger partial charge in [-0.25, -0.2) is 23.4 Å². The van der Waals surface area contributed by atoms with Crippen LogP contribution < -0.4 is 5.32 Å². The lowest BCUT2D eigenvalue weighted by molar-refractivity contribution is -0.144. The van der Waals surface area contributed by atoms with Crippen molar-refractivity contribution in [2.24, 2.45) is 5.92 Å². The first-order valence-electron chi connectivity index (χ1n) is 9.49. The highest BCUT2D eigenvalue weighted by Gasteiger charge is 2.38. The minimum absolute atomic E-state index is 0.132. The number of esters is 1. The van der Waals surface area contributed by atoms with Gasteiger partial charge in [0.1, 0.15) is 23.7 Å². The van der Waals surface area contributed by atoms with Crippen LogP contribution in [0.25, 0.3) is 0 Å². The molecule has 2 heterocycles. The Morgan fingerprint density at radius 2 is 2.17 bits per heavy atom. The van der Waals surface area contributed by atoms with Crippen LogP contribution in [-0.4, -0.2) is 46.6 Å². The molecule has 2 amide bonds. The Labute approximate surface area is 167 Å². The summed E-state index contributed by atoms with van der Waals surface area (Å²) in [4.78, 5) is 34.0. The Bertz CT molecular complexity index is 902. The number of benzene rings is 1. The van der Waals surface area contributed by atoms with Crippen LogP contribution in [0.2, 0.25) is 0 Å². The van der Waals surface area contributed by atoms with Gasteiger partial charge in [0.05, 0.1) is 19.1 Å². The number of nitrogens with zero attached hydrogens (tertiary/aromatic N) is 2. The fourth-order valence-corrected chi connectivity index (χ4v) is 3.55. The average molecular weight is 406 g/mol. The molecule has 0 unspecified atom stereocenters. The zero-order valence-corrected chi connectivity index (χ0v) is 16.5. The number of H-pyrrole nitrogens is 1. The van der Waals surface area contributed by atoms with E-state index >= 15 is 0 Å². The summed E-state index contributed by atoms with van der Waals surface area (Å²) in [7, 11) is 1.26. The molecule has 1 aromatic heterocycles. The molecule has 0 saturated heterocycles. The molecule has 0 aliphatic carbocycles. The van der Waals surface area contributed by atoms with Crippen LogP contribution in [-0.2, 0) is 16.0 Å². The lowest BCUT2D eigenvalue weighted by Gasteiger charge is -2.36. The summed E-state index contributed by atoms with van der Waals surface area (Å²) in [6, 6.07) is 1.01. The smallest absolute Gasteiger partial charge is 0.328 e. The Kier molecular flexibility index (Phi) is 6.14. The Balaban J connectivity index is 1.96. The quantitative estimate of drug-likeness (QED) is 0.748. The summed E-state index contributed by atoms with van der Waals surface area (Å²) < 4.78 is 32.8. The van der Waals surface area contributed by atoms with Crippen molar-refractivity contribution in [1.82, 2.24) is 20.2 Å². The lowest BCUT2D eigenvalue weighted by atomic mass is 9.95. The van der Waals surface area contributed by atoms with Crippen LogP contribution in [0, 0.1) is 17.6 Å². The van der Waals surface area contributed by atoms with Gasteiger partial charge in [0.25, 0.3) is 0 Å². The molecule has 0 bridgehead atoms. The number of hydrogen-bond donors (Lipinski definition) is 2. The molecule has 156 valence electrons. The van der Waals surface area contributed by atoms with Gasteiger partial charge in [-0.2, -0.15) is 0 Å². The topological polar surface area (TPSA) is 87.3 Å². The standard InChI is InChI=1S/C20H24F2N4O3/c1-4-11(2)16(19(27)29-3)25-20(28)26-8-7-15-17(24-10-23-15)18(26)13-6-5-12(21)9-14(13)22/h5-6,9-11,16,18H,4,7-8H2,1-3H3,(H,23,24)(H,25,28)/t11-,16+,18+/m0/s1. The molecule has 7 nitrogen and oxygen atoms in total. The first-order chi connectivity index (χ1) is 13.9. The summed E-state index contributed by atoms with van der Waals surface area (Å²) in [5.41, 5.74) is 1.41. The van der Waals surface area contributed by atoms with Crippen LogP contribution in [0.1, 0.15) is 43.3 Å². The summed E-state index contributed by atoms with van der Waals surface area (Å²) in [6.45, 7) is 4.01. The number of fused-ring (bicyclic) bond motifs is 1. The predicted molar refractivity (Wildman–Crippen MR) is 101 cm³/mol. The number of aromatic nitrogens is 2. The number of carbonyl (C=O) groups excluding carboxylic acids is 2. The number of halogens is 2. The molecule has 1 aliphatic rings. The van der Waals surface area contributed by atoms with Crippen molar-refractivity contribution in [1.29, 1.82) is 0 Å². The Morgan fingerprint density at radius 1 is 1.41 bits per heavy atom. The van der Waals surface area contributed by atoms with E-state index in [-0.39, 0.29) is 18.0 Å². The van der Waals surface area contributed by atoms with E-state index < -0.39 is 35.7 Å². The van der Waals surface area contributed by atoms with Crippen molar-refractivity contribution < 1.29 is 23.1 Å². The molecule has 1 aromatic carbocycles. The largest absolute Gasteiger partial charge is 0.467 e. The van der Waals surface area contributed by atoms with Gasteiger partial charge in [0, 0.05) is 30.3 Å². The highest BCUT2D eigenvalue weighted by molar-refractivity contribution is 5.84. The van der Waals surface area contributed by atoms with Crippen LogP contribution in [0.5, 0.6) is 0 Å². The first-order valence-corrected chi connectivity index (χ1v) is 9.49. The molecule has 3 atom stereocenters. The van der Waals surface area contributed by atoms with E-state index in [1.165, 1.54) is 24.4 Å². The van der Waals surface area contributed by atoms with Gasteiger partial charge in [0.2, 0.25) is 0 Å². The van der Waals surface area contributed by atoms with Gasteiger partial charge in [-0.1, -0.05) is 26.3 Å². The molecular weight excluding hydrogens is 382 g/mol. The maximum Gasteiger partial charge on any atom is 0.328 e. The van der Waals surface area contributed by atoms with Crippen molar-refractivity contribution >= 4 is 12.0 Å². The second kappa shape index (κ2) is 8.59. The van der Waals surface area contributed by atoms with Crippen molar-refractivity contribution in [3.05, 3.63) is 53.1 Å². The number of aromatic amines is 1. The Hall–Kier alpha value is -2.97. The molecule has 9 heteroatoms. The van der Waals surface area contributed by atoms with Crippen molar-refractivity contribution in [3.63, 3.8) is 0 Å². The maximum absolute atomic E-state index is 14.6. The second-order valence-electron chi connectivity index (χ2n) is 7.11. The highest BCUT2D eigenvalue weighted by Crippen LogP contribution is 2.35. The third-order valence-electron chi connectivity index (χ3n) is 5.39. The van der Waals surface area contributed by atoms with Crippen molar-refractivity contribution in [2.45, 2.75) is 38.8 Å². The summed E-state index contributed by atoms with van der Waals surface area (Å²) >= 11 is 0. The van der Waals surface area contributed by atoms with Crippen LogP contribution in [0.15, 0.2) is 24.5 Å². The third-order valence-corrected chi connectivity index (χ3v) is 5.39. The molecule has 2 N–H and O–H groups in total. The van der Waals surface area contributed by atoms with E-state index in [0.717, 1.165) is 17.8 Å². The molecule has 1 aliphatic heterocycles. The maximum atomic E-state index is 14.6. The normalized spacial score (nSPS) is 18.0. The lowest BCUT2D eigenvalue weighted by Crippen LogP contribution is -2.53. The molecule has 29 heavy (non-hydrogen) atoms. The van der Waals surface area contributed by atoms with Crippen LogP contribution in [0.4, 0.5) is 13.6 Å². The predicted octanol–water partition coefficient (Wildman–Crippen LogP) is 2.93. The summed E-state index contributed by atoms with van der Waals surface area (Å²) in [6.07, 6.45) is 2.63. The number of rotatable bonds is 5. The van der Waals surface area contributed by atoms with E-state index in [9.17, 15) is 18.4 Å². The van der Waals surface area contributed by atoms with Crippen LogP contribution in [0.3, 0.4) is 0 Å². The van der Waals surface area contributed by atoms with Crippen LogP contribution >= 0.6 is 0 Å². The number of hydrogen-bond acceptors (Lipinski definition) is 4. The fraction of sp³-hybridized carbons (Fsp3) is 0.450. The number of carbonyl (C=O) groups is 2. The minimum Gasteiger partial charge on any atom is -0.467 e. The zero-order valence-electron chi connectivity index (χ0n) is 16.5. The van der Waals surface area contributed by atoms with E-state index in [1.807, 2.05) is 13.8 Å². The van der Waals surface area contributed by atoms with Crippen molar-refractivity contribution in [2.75, 3.05) is 13.7 Å². The number of urea groups is 1. The van der Waals surface area contributed by atoms with E-state index in [2.05, 4.69) is 15.3 Å². The van der Waals surface area contributed by atoms with Gasteiger partial charge in [-0.3, -0.25) is 0 Å². The number of ether oxygens (including phenoxy) is 1. The molecular formula is C20H24F2N4O3. The molecule has 0 radical (unpaired) electrons. The van der Waals surface area contributed by atoms with E-state index in [0.29, 0.717) is 18.5 Å². The highest BCUT2D eigenvalue weighted by atomic mass is 19.1. The fourth-order valence-electron chi connectivity index (χ4n) is 3.55. The second-order valence-corrected chi connectivity index (χ2v) is 7.11. The third kappa shape index (κ3) is 4.08. The average Bonchev–Trinajstić information content (AvgIpc) is 3.19. The molecule has 0 fully saturated rings. The molecule has 0 saturated carbocycles. The number of methoxy groups -OCH3 is 1. The monoisotopic (exact) mass is 406 g/mol. The van der Waals surface area contributed by atoms with Gasteiger partial charge < -0.3 is 19.9 Å². The Morgan fingerprint density at radius 3 is 2.83 bits per heavy atom.